The van der Waals surface area contributed by atoms with Gasteiger partial charge >= 0.3 is 0 Å². The van der Waals surface area contributed by atoms with Crippen molar-refractivity contribution in [3.63, 3.8) is 0 Å². The molecule has 1 atom stereocenters. The molecule has 2 heterocycles. The minimum absolute atomic E-state index is 0.329. The average molecular weight is 330 g/mol. The average Bonchev–Trinajstić information content (AvgIpc) is 2.95. The summed E-state index contributed by atoms with van der Waals surface area (Å²) in [4.78, 5) is 4.56. The number of aromatic nitrogens is 1. The normalized spacial score (nSPS) is 16.9. The van der Waals surface area contributed by atoms with Crippen LogP contribution in [0.1, 0.15) is 12.5 Å². The van der Waals surface area contributed by atoms with E-state index in [1.54, 1.807) is 0 Å². The van der Waals surface area contributed by atoms with Crippen molar-refractivity contribution in [2.24, 2.45) is 7.05 Å². The van der Waals surface area contributed by atoms with Crippen LogP contribution in [-0.2, 0) is 7.05 Å². The fraction of sp³-hybridized carbons (Fsp3) is 0.227. The second-order valence-electron chi connectivity index (χ2n) is 6.81. The highest BCUT2D eigenvalue weighted by Gasteiger charge is 2.24. The number of anilines is 1. The molecular formula is C22H24N3+. The summed E-state index contributed by atoms with van der Waals surface area (Å²) in [6.45, 7) is 4.45. The number of hydrogen-bond acceptors (Lipinski definition) is 2. The molecule has 3 aromatic rings. The van der Waals surface area contributed by atoms with Crippen LogP contribution in [0.15, 0.2) is 67.1 Å². The van der Waals surface area contributed by atoms with Crippen molar-refractivity contribution < 1.29 is 4.57 Å². The van der Waals surface area contributed by atoms with E-state index in [1.165, 1.54) is 33.3 Å². The maximum atomic E-state index is 2.34. The molecule has 1 aromatic heterocycles. The molecule has 0 aliphatic carbocycles. The molecule has 3 heteroatoms. The smallest absolute Gasteiger partial charge is 0.220 e. The van der Waals surface area contributed by atoms with Crippen LogP contribution >= 0.6 is 0 Å². The topological polar surface area (TPSA) is 10.4 Å². The van der Waals surface area contributed by atoms with Gasteiger partial charge in [-0.1, -0.05) is 24.3 Å². The SMILES string of the molecule is Cc1c(-c2c3ccccc3cc[n+]2C)cccc1N1C=CN(C)[C@@H]1C. The summed E-state index contributed by atoms with van der Waals surface area (Å²) in [6, 6.07) is 17.4. The first kappa shape index (κ1) is 15.7. The Kier molecular flexibility index (Phi) is 3.72. The van der Waals surface area contributed by atoms with Gasteiger partial charge in [-0.15, -0.1) is 0 Å². The second-order valence-corrected chi connectivity index (χ2v) is 6.81. The van der Waals surface area contributed by atoms with Crippen molar-refractivity contribution in [2.45, 2.75) is 20.0 Å². The molecule has 0 N–H and O–H groups in total. The van der Waals surface area contributed by atoms with E-state index in [0.29, 0.717) is 6.17 Å². The summed E-state index contributed by atoms with van der Waals surface area (Å²) in [5, 5.41) is 2.56. The highest BCUT2D eigenvalue weighted by molar-refractivity contribution is 5.94. The van der Waals surface area contributed by atoms with Crippen LogP contribution < -0.4 is 9.47 Å². The first-order valence-electron chi connectivity index (χ1n) is 8.74. The van der Waals surface area contributed by atoms with E-state index >= 15 is 0 Å². The molecule has 25 heavy (non-hydrogen) atoms. The van der Waals surface area contributed by atoms with E-state index in [4.69, 9.17) is 0 Å². The predicted octanol–water partition coefficient (Wildman–Crippen LogP) is 4.21. The van der Waals surface area contributed by atoms with Crippen molar-refractivity contribution in [1.82, 2.24) is 4.90 Å². The summed E-state index contributed by atoms with van der Waals surface area (Å²) in [5.74, 6) is 0. The lowest BCUT2D eigenvalue weighted by Crippen LogP contribution is -2.34. The van der Waals surface area contributed by atoms with Gasteiger partial charge in [0.25, 0.3) is 0 Å². The highest BCUT2D eigenvalue weighted by Crippen LogP contribution is 2.34. The summed E-state index contributed by atoms with van der Waals surface area (Å²) in [6.07, 6.45) is 6.78. The summed E-state index contributed by atoms with van der Waals surface area (Å²) < 4.78 is 2.23. The number of aryl methyl sites for hydroxylation is 1. The van der Waals surface area contributed by atoms with Crippen LogP contribution in [0.25, 0.3) is 22.0 Å². The molecule has 3 nitrogen and oxygen atoms in total. The number of fused-ring (bicyclic) bond motifs is 1. The Balaban J connectivity index is 1.93. The Morgan fingerprint density at radius 1 is 0.960 bits per heavy atom. The van der Waals surface area contributed by atoms with E-state index in [9.17, 15) is 0 Å². The van der Waals surface area contributed by atoms with Crippen molar-refractivity contribution in [1.29, 1.82) is 0 Å². The lowest BCUT2D eigenvalue weighted by Gasteiger charge is -2.28. The molecule has 0 unspecified atom stereocenters. The Bertz CT molecular complexity index is 974. The van der Waals surface area contributed by atoms with Gasteiger partial charge in [-0.25, -0.2) is 4.57 Å². The third-order valence-corrected chi connectivity index (χ3v) is 5.34. The van der Waals surface area contributed by atoms with Crippen LogP contribution in [0.2, 0.25) is 0 Å². The maximum Gasteiger partial charge on any atom is 0.220 e. The Labute approximate surface area is 149 Å². The molecule has 0 spiro atoms. The van der Waals surface area contributed by atoms with E-state index < -0.39 is 0 Å². The van der Waals surface area contributed by atoms with Gasteiger partial charge < -0.3 is 9.80 Å². The Hall–Kier alpha value is -2.81. The first-order chi connectivity index (χ1) is 12.1. The van der Waals surface area contributed by atoms with Crippen LogP contribution in [0.5, 0.6) is 0 Å². The lowest BCUT2D eigenvalue weighted by molar-refractivity contribution is -0.659. The van der Waals surface area contributed by atoms with Crippen LogP contribution in [-0.4, -0.2) is 18.1 Å². The molecule has 1 aliphatic heterocycles. The second kappa shape index (κ2) is 5.92. The fourth-order valence-electron chi connectivity index (χ4n) is 3.71. The Morgan fingerprint density at radius 3 is 2.52 bits per heavy atom. The van der Waals surface area contributed by atoms with Crippen molar-refractivity contribution in [2.75, 3.05) is 11.9 Å². The molecule has 1 aliphatic rings. The van der Waals surface area contributed by atoms with Gasteiger partial charge in [0.15, 0.2) is 6.20 Å². The predicted molar refractivity (Wildman–Crippen MR) is 104 cm³/mol. The number of hydrogen-bond donors (Lipinski definition) is 0. The van der Waals surface area contributed by atoms with Crippen LogP contribution in [0.3, 0.4) is 0 Å². The summed E-state index contributed by atoms with van der Waals surface area (Å²) >= 11 is 0. The number of benzene rings is 2. The van der Waals surface area contributed by atoms with Gasteiger partial charge in [0.05, 0.1) is 10.9 Å². The number of pyridine rings is 1. The zero-order valence-corrected chi connectivity index (χ0v) is 15.3. The van der Waals surface area contributed by atoms with Crippen molar-refractivity contribution in [3.8, 4) is 11.3 Å². The van der Waals surface area contributed by atoms with Crippen molar-refractivity contribution >= 4 is 16.5 Å². The van der Waals surface area contributed by atoms with Gasteiger partial charge in [0.1, 0.15) is 13.2 Å². The summed E-state index contributed by atoms with van der Waals surface area (Å²) in [7, 11) is 4.24. The zero-order chi connectivity index (χ0) is 17.6. The van der Waals surface area contributed by atoms with Gasteiger partial charge in [-0.05, 0) is 43.0 Å². The van der Waals surface area contributed by atoms with E-state index in [1.807, 2.05) is 0 Å². The van der Waals surface area contributed by atoms with Crippen molar-refractivity contribution in [3.05, 3.63) is 72.7 Å². The molecule has 0 bridgehead atoms. The lowest BCUT2D eigenvalue weighted by atomic mass is 9.98. The quantitative estimate of drug-likeness (QED) is 0.652. The van der Waals surface area contributed by atoms with Crippen LogP contribution in [0.4, 0.5) is 5.69 Å². The van der Waals surface area contributed by atoms with Gasteiger partial charge in [0.2, 0.25) is 5.69 Å². The number of nitrogens with zero attached hydrogens (tertiary/aromatic N) is 3. The number of rotatable bonds is 2. The molecular weight excluding hydrogens is 306 g/mol. The molecule has 0 saturated heterocycles. The zero-order valence-electron chi connectivity index (χ0n) is 15.3. The van der Waals surface area contributed by atoms with Crippen LogP contribution in [0, 0.1) is 6.92 Å². The fourth-order valence-corrected chi connectivity index (χ4v) is 3.71. The molecule has 2 aromatic carbocycles. The summed E-state index contributed by atoms with van der Waals surface area (Å²) in [5.41, 5.74) is 5.12. The maximum absolute atomic E-state index is 2.34. The standard InChI is InChI=1S/C22H24N3/c1-16-19(10-7-11-21(16)25-15-14-23(3)17(25)2)22-20-9-6-5-8-18(20)12-13-24(22)4/h5-15,17H,1-4H3/q+1/t17-/m0/s1. The first-order valence-corrected chi connectivity index (χ1v) is 8.74. The molecule has 0 saturated carbocycles. The molecule has 126 valence electrons. The molecule has 0 amide bonds. The Morgan fingerprint density at radius 2 is 1.76 bits per heavy atom. The third-order valence-electron chi connectivity index (χ3n) is 5.34. The molecule has 4 rings (SSSR count). The van der Waals surface area contributed by atoms with Gasteiger partial charge in [-0.2, -0.15) is 0 Å². The van der Waals surface area contributed by atoms with E-state index in [-0.39, 0.29) is 0 Å². The van der Waals surface area contributed by atoms with E-state index in [2.05, 4.69) is 109 Å². The minimum Gasteiger partial charge on any atom is -0.359 e. The van der Waals surface area contributed by atoms with E-state index in [0.717, 1.165) is 0 Å². The third kappa shape index (κ3) is 2.47. The monoisotopic (exact) mass is 330 g/mol. The minimum atomic E-state index is 0.329. The largest absolute Gasteiger partial charge is 0.359 e. The van der Waals surface area contributed by atoms with Gasteiger partial charge in [-0.3, -0.25) is 0 Å². The molecule has 0 radical (unpaired) electrons. The highest BCUT2D eigenvalue weighted by atomic mass is 15.4. The molecule has 0 fully saturated rings. The van der Waals surface area contributed by atoms with Gasteiger partial charge in [0, 0.05) is 31.2 Å².